The Morgan fingerprint density at radius 1 is 1.11 bits per heavy atom. The second kappa shape index (κ2) is 7.08. The highest BCUT2D eigenvalue weighted by Crippen LogP contribution is 2.39. The van der Waals surface area contributed by atoms with Gasteiger partial charge >= 0.3 is 0 Å². The van der Waals surface area contributed by atoms with Crippen LogP contribution in [-0.4, -0.2) is 25.3 Å². The van der Waals surface area contributed by atoms with Gasteiger partial charge in [-0.15, -0.1) is 0 Å². The largest absolute Gasteiger partial charge is 0.376 e. The quantitative estimate of drug-likeness (QED) is 0.781. The number of rotatable bonds is 6. The predicted molar refractivity (Wildman–Crippen MR) is 81.4 cm³/mol. The van der Waals surface area contributed by atoms with E-state index in [2.05, 4.69) is 26.1 Å². The molecule has 2 aliphatic carbocycles. The monoisotopic (exact) mass is 267 g/mol. The van der Waals surface area contributed by atoms with Crippen LogP contribution in [0.25, 0.3) is 0 Å². The van der Waals surface area contributed by atoms with Gasteiger partial charge in [-0.05, 0) is 50.0 Å². The minimum atomic E-state index is 0.395. The second-order valence-corrected chi connectivity index (χ2v) is 7.33. The molecule has 19 heavy (non-hydrogen) atoms. The molecule has 2 nitrogen and oxygen atoms in total. The number of nitrogens with one attached hydrogen (secondary N) is 1. The maximum atomic E-state index is 6.33. The minimum Gasteiger partial charge on any atom is -0.376 e. The first kappa shape index (κ1) is 15.3. The zero-order valence-electron chi connectivity index (χ0n) is 13.2. The molecule has 112 valence electrons. The van der Waals surface area contributed by atoms with Crippen molar-refractivity contribution in [3.8, 4) is 0 Å². The van der Waals surface area contributed by atoms with E-state index >= 15 is 0 Å². The van der Waals surface area contributed by atoms with Crippen molar-refractivity contribution in [3.05, 3.63) is 0 Å². The summed E-state index contributed by atoms with van der Waals surface area (Å²) < 4.78 is 6.33. The van der Waals surface area contributed by atoms with E-state index in [1.807, 2.05) is 0 Å². The van der Waals surface area contributed by atoms with Crippen molar-refractivity contribution >= 4 is 0 Å². The average Bonchev–Trinajstić information content (AvgIpc) is 2.70. The summed E-state index contributed by atoms with van der Waals surface area (Å²) in [5.74, 6) is 0.837. The molecule has 0 radical (unpaired) electrons. The third-order valence-electron chi connectivity index (χ3n) is 5.17. The van der Waals surface area contributed by atoms with Gasteiger partial charge in [0.15, 0.2) is 0 Å². The van der Waals surface area contributed by atoms with Crippen molar-refractivity contribution in [1.82, 2.24) is 5.32 Å². The highest BCUT2D eigenvalue weighted by atomic mass is 16.5. The lowest BCUT2D eigenvalue weighted by Gasteiger charge is -2.32. The molecule has 0 saturated heterocycles. The van der Waals surface area contributed by atoms with Gasteiger partial charge in [-0.3, -0.25) is 0 Å². The Kier molecular flexibility index (Phi) is 5.70. The van der Waals surface area contributed by atoms with Crippen LogP contribution in [0.3, 0.4) is 0 Å². The summed E-state index contributed by atoms with van der Waals surface area (Å²) in [6, 6.07) is 0.552. The predicted octanol–water partition coefficient (Wildman–Crippen LogP) is 4.14. The summed E-state index contributed by atoms with van der Waals surface area (Å²) in [5.41, 5.74) is 0.395. The normalized spacial score (nSPS) is 31.7. The van der Waals surface area contributed by atoms with Crippen molar-refractivity contribution in [3.63, 3.8) is 0 Å². The molecular formula is C17H33NO. The van der Waals surface area contributed by atoms with E-state index in [0.717, 1.165) is 19.1 Å². The third kappa shape index (κ3) is 4.19. The van der Waals surface area contributed by atoms with E-state index in [0.29, 0.717) is 17.6 Å². The number of hydrogen-bond donors (Lipinski definition) is 1. The smallest absolute Gasteiger partial charge is 0.0733 e. The lowest BCUT2D eigenvalue weighted by molar-refractivity contribution is 0.000549. The Balaban J connectivity index is 1.80. The second-order valence-electron chi connectivity index (χ2n) is 7.33. The van der Waals surface area contributed by atoms with Crippen molar-refractivity contribution in [2.24, 2.45) is 11.3 Å². The highest BCUT2D eigenvalue weighted by molar-refractivity contribution is 4.97. The van der Waals surface area contributed by atoms with E-state index in [1.54, 1.807) is 0 Å². The molecule has 0 aliphatic heterocycles. The fourth-order valence-corrected chi connectivity index (χ4v) is 3.84. The van der Waals surface area contributed by atoms with Crippen LogP contribution in [0.5, 0.6) is 0 Å². The lowest BCUT2D eigenvalue weighted by atomic mass is 9.86. The van der Waals surface area contributed by atoms with Crippen LogP contribution in [-0.2, 0) is 4.74 Å². The Bertz CT molecular complexity index is 258. The van der Waals surface area contributed by atoms with Gasteiger partial charge in [0.1, 0.15) is 0 Å². The van der Waals surface area contributed by atoms with Gasteiger partial charge in [0, 0.05) is 12.6 Å². The first-order valence-corrected chi connectivity index (χ1v) is 8.48. The Morgan fingerprint density at radius 3 is 2.53 bits per heavy atom. The maximum Gasteiger partial charge on any atom is 0.0733 e. The van der Waals surface area contributed by atoms with Gasteiger partial charge in [0.05, 0.1) is 6.10 Å². The van der Waals surface area contributed by atoms with E-state index in [9.17, 15) is 0 Å². The Hall–Kier alpha value is -0.0800. The Morgan fingerprint density at radius 2 is 1.84 bits per heavy atom. The average molecular weight is 267 g/mol. The molecule has 0 heterocycles. The molecule has 2 aliphatic rings. The van der Waals surface area contributed by atoms with Crippen molar-refractivity contribution in [2.75, 3.05) is 13.2 Å². The maximum absolute atomic E-state index is 6.33. The van der Waals surface area contributed by atoms with Crippen LogP contribution >= 0.6 is 0 Å². The minimum absolute atomic E-state index is 0.395. The summed E-state index contributed by atoms with van der Waals surface area (Å²) in [6.45, 7) is 9.16. The zero-order valence-corrected chi connectivity index (χ0v) is 13.2. The highest BCUT2D eigenvalue weighted by Gasteiger charge is 2.42. The first-order valence-electron chi connectivity index (χ1n) is 8.48. The van der Waals surface area contributed by atoms with Gasteiger partial charge in [-0.2, -0.15) is 0 Å². The van der Waals surface area contributed by atoms with Gasteiger partial charge in [0.25, 0.3) is 0 Å². The first-order chi connectivity index (χ1) is 9.13. The molecule has 2 fully saturated rings. The summed E-state index contributed by atoms with van der Waals surface area (Å²) in [4.78, 5) is 0. The van der Waals surface area contributed by atoms with E-state index in [1.165, 1.54) is 51.4 Å². The molecule has 0 aromatic heterocycles. The Labute approximate surface area is 119 Å². The number of ether oxygens (including phenoxy) is 1. The summed E-state index contributed by atoms with van der Waals surface area (Å²) in [5, 5.41) is 3.73. The van der Waals surface area contributed by atoms with Gasteiger partial charge in [0.2, 0.25) is 0 Å². The van der Waals surface area contributed by atoms with Gasteiger partial charge in [-0.25, -0.2) is 0 Å². The molecule has 2 saturated carbocycles. The molecule has 0 bridgehead atoms. The molecule has 2 unspecified atom stereocenters. The van der Waals surface area contributed by atoms with Crippen molar-refractivity contribution < 1.29 is 4.74 Å². The molecule has 0 aromatic rings. The van der Waals surface area contributed by atoms with Crippen LogP contribution in [0.1, 0.15) is 72.1 Å². The molecule has 0 spiro atoms. The molecule has 2 heteroatoms. The molecular weight excluding hydrogens is 234 g/mol. The van der Waals surface area contributed by atoms with Crippen LogP contribution in [0.4, 0.5) is 0 Å². The summed E-state index contributed by atoms with van der Waals surface area (Å²) in [6.07, 6.45) is 11.2. The van der Waals surface area contributed by atoms with Crippen molar-refractivity contribution in [1.29, 1.82) is 0 Å². The van der Waals surface area contributed by atoms with Gasteiger partial charge < -0.3 is 10.1 Å². The topological polar surface area (TPSA) is 21.3 Å². The summed E-state index contributed by atoms with van der Waals surface area (Å²) >= 11 is 0. The molecule has 2 rings (SSSR count). The van der Waals surface area contributed by atoms with Crippen LogP contribution in [0.15, 0.2) is 0 Å². The molecule has 0 amide bonds. The van der Waals surface area contributed by atoms with E-state index in [-0.39, 0.29) is 0 Å². The molecule has 0 aromatic carbocycles. The van der Waals surface area contributed by atoms with Crippen molar-refractivity contribution in [2.45, 2.75) is 84.3 Å². The molecule has 2 atom stereocenters. The molecule has 1 N–H and O–H groups in total. The lowest BCUT2D eigenvalue weighted by Crippen LogP contribution is -2.46. The van der Waals surface area contributed by atoms with Crippen LogP contribution in [0, 0.1) is 11.3 Å². The fraction of sp³-hybridized carbons (Fsp3) is 1.00. The third-order valence-corrected chi connectivity index (χ3v) is 5.17. The zero-order chi connectivity index (χ0) is 13.7. The fourth-order valence-electron chi connectivity index (χ4n) is 3.84. The van der Waals surface area contributed by atoms with Crippen LogP contribution < -0.4 is 5.32 Å². The van der Waals surface area contributed by atoms with Gasteiger partial charge in [-0.1, -0.05) is 40.0 Å². The standard InChI is InChI=1S/C17H33NO/c1-4-12-18-16-15(10-11-17(16,2)3)19-13-14-8-6-5-7-9-14/h14-16,18H,4-13H2,1-3H3. The van der Waals surface area contributed by atoms with E-state index < -0.39 is 0 Å². The van der Waals surface area contributed by atoms with Crippen LogP contribution in [0.2, 0.25) is 0 Å². The SMILES string of the molecule is CCCNC1C(OCC2CCCCC2)CCC1(C)C. The number of hydrogen-bond acceptors (Lipinski definition) is 2. The summed E-state index contributed by atoms with van der Waals surface area (Å²) in [7, 11) is 0. The van der Waals surface area contributed by atoms with E-state index in [4.69, 9.17) is 4.74 Å².